The van der Waals surface area contributed by atoms with Crippen LogP contribution in [0.25, 0.3) is 0 Å². The molecule has 0 saturated heterocycles. The van der Waals surface area contributed by atoms with Gasteiger partial charge in [-0.05, 0) is 42.8 Å². The summed E-state index contributed by atoms with van der Waals surface area (Å²) in [5.41, 5.74) is -2.26. The van der Waals surface area contributed by atoms with E-state index in [9.17, 15) is 27.5 Å². The zero-order chi connectivity index (χ0) is 18.1. The van der Waals surface area contributed by atoms with Crippen molar-refractivity contribution in [3.05, 3.63) is 58.4 Å². The highest BCUT2D eigenvalue weighted by molar-refractivity contribution is 5.96. The molecule has 2 rings (SSSR count). The van der Waals surface area contributed by atoms with Crippen molar-refractivity contribution >= 4 is 17.3 Å². The van der Waals surface area contributed by atoms with E-state index in [0.717, 1.165) is 12.1 Å². The fourth-order valence-corrected chi connectivity index (χ4v) is 2.12. The number of carbonyl (C=O) groups is 1. The number of halogens is 4. The fraction of sp³-hybridized carbons (Fsp3) is 0.125. The van der Waals surface area contributed by atoms with Crippen molar-refractivity contribution < 1.29 is 27.5 Å². The summed E-state index contributed by atoms with van der Waals surface area (Å²) in [5.74, 6) is -2.03. The molecule has 0 aromatic heterocycles. The predicted molar refractivity (Wildman–Crippen MR) is 77.5 cm³/mol. The minimum atomic E-state index is -4.82. The summed E-state index contributed by atoms with van der Waals surface area (Å²) >= 11 is 0. The second-order valence-electron chi connectivity index (χ2n) is 4.94. The molecule has 0 aliphatic carbocycles. The van der Waals surface area contributed by atoms with Gasteiger partial charge in [0, 0.05) is 5.69 Å². The lowest BCUT2D eigenvalue weighted by Crippen LogP contribution is -2.12. The zero-order valence-corrected chi connectivity index (χ0v) is 12.2. The van der Waals surface area contributed by atoms with Gasteiger partial charge in [0.05, 0.1) is 28.4 Å². The molecule has 2 N–H and O–H groups in total. The third-order valence-electron chi connectivity index (χ3n) is 3.27. The lowest BCUT2D eigenvalue weighted by atomic mass is 10.0. The van der Waals surface area contributed by atoms with Gasteiger partial charge in [-0.1, -0.05) is 0 Å². The van der Waals surface area contributed by atoms with Crippen LogP contribution in [0.4, 0.5) is 28.9 Å². The highest BCUT2D eigenvalue weighted by Crippen LogP contribution is 2.36. The summed E-state index contributed by atoms with van der Waals surface area (Å²) in [4.78, 5) is 11.3. The second-order valence-corrected chi connectivity index (χ2v) is 4.94. The van der Waals surface area contributed by atoms with Crippen LogP contribution in [0.15, 0.2) is 30.3 Å². The van der Waals surface area contributed by atoms with E-state index in [4.69, 9.17) is 5.26 Å². The van der Waals surface area contributed by atoms with Crippen LogP contribution in [-0.2, 0) is 6.18 Å². The third-order valence-corrected chi connectivity index (χ3v) is 3.27. The van der Waals surface area contributed by atoms with E-state index in [0.29, 0.717) is 17.7 Å². The third kappa shape index (κ3) is 3.46. The van der Waals surface area contributed by atoms with Crippen LogP contribution in [-0.4, -0.2) is 11.1 Å². The van der Waals surface area contributed by atoms with Crippen LogP contribution in [0.5, 0.6) is 0 Å². The number of alkyl halides is 3. The van der Waals surface area contributed by atoms with Crippen LogP contribution < -0.4 is 5.32 Å². The van der Waals surface area contributed by atoms with Crippen LogP contribution >= 0.6 is 0 Å². The Kier molecular flexibility index (Phi) is 4.46. The van der Waals surface area contributed by atoms with Gasteiger partial charge in [-0.25, -0.2) is 9.18 Å². The topological polar surface area (TPSA) is 73.1 Å². The fourth-order valence-electron chi connectivity index (χ4n) is 2.12. The summed E-state index contributed by atoms with van der Waals surface area (Å²) in [6.07, 6.45) is -4.82. The number of aryl methyl sites for hydroxylation is 1. The summed E-state index contributed by atoms with van der Waals surface area (Å²) in [7, 11) is 0. The van der Waals surface area contributed by atoms with Gasteiger partial charge < -0.3 is 10.4 Å². The summed E-state index contributed by atoms with van der Waals surface area (Å²) in [6.45, 7) is 1.51. The Morgan fingerprint density at radius 3 is 2.38 bits per heavy atom. The molecule has 0 aliphatic rings. The molecule has 0 amide bonds. The molecule has 2 aromatic rings. The number of hydrogen-bond donors (Lipinski definition) is 2. The van der Waals surface area contributed by atoms with Gasteiger partial charge in [0.15, 0.2) is 0 Å². The number of nitrogens with one attached hydrogen (secondary N) is 1. The highest BCUT2D eigenvalue weighted by atomic mass is 19.4. The minimum Gasteiger partial charge on any atom is -0.478 e. The molecular weight excluding hydrogens is 328 g/mol. The molecule has 0 spiro atoms. The molecule has 0 saturated carbocycles. The van der Waals surface area contributed by atoms with E-state index < -0.39 is 34.7 Å². The predicted octanol–water partition coefficient (Wildman–Crippen LogP) is 4.47. The number of nitriles is 1. The Labute approximate surface area is 134 Å². The number of hydrogen-bond acceptors (Lipinski definition) is 3. The van der Waals surface area contributed by atoms with E-state index in [1.807, 2.05) is 0 Å². The maximum Gasteiger partial charge on any atom is 0.417 e. The van der Waals surface area contributed by atoms with Crippen molar-refractivity contribution in [2.45, 2.75) is 13.1 Å². The minimum absolute atomic E-state index is 0.247. The van der Waals surface area contributed by atoms with Crippen molar-refractivity contribution in [3.63, 3.8) is 0 Å². The normalized spacial score (nSPS) is 11.0. The maximum atomic E-state index is 13.1. The Morgan fingerprint density at radius 2 is 1.88 bits per heavy atom. The lowest BCUT2D eigenvalue weighted by Gasteiger charge is -2.16. The summed E-state index contributed by atoms with van der Waals surface area (Å²) < 4.78 is 52.2. The molecule has 124 valence electrons. The maximum absolute atomic E-state index is 13.1. The Hall–Kier alpha value is -3.08. The summed E-state index contributed by atoms with van der Waals surface area (Å²) in [5, 5.41) is 20.6. The zero-order valence-electron chi connectivity index (χ0n) is 12.2. The van der Waals surface area contributed by atoms with Crippen molar-refractivity contribution in [3.8, 4) is 6.07 Å². The summed E-state index contributed by atoms with van der Waals surface area (Å²) in [6, 6.07) is 6.08. The van der Waals surface area contributed by atoms with E-state index in [-0.39, 0.29) is 11.4 Å². The standard InChI is InChI=1S/C16H10F4N2O2/c1-8-4-10(17)2-3-13(8)22-14-6-12(16(18,19)20)9(7-21)5-11(14)15(23)24/h2-6,22H,1H3,(H,23,24). The Balaban J connectivity index is 2.63. The Bertz CT molecular complexity index is 854. The molecule has 0 atom stereocenters. The second kappa shape index (κ2) is 6.20. The number of carboxylic acid groups (broad SMARTS) is 1. The van der Waals surface area contributed by atoms with Crippen LogP contribution in [0.2, 0.25) is 0 Å². The smallest absolute Gasteiger partial charge is 0.417 e. The molecular formula is C16H10F4N2O2. The van der Waals surface area contributed by atoms with Crippen molar-refractivity contribution in [1.82, 2.24) is 0 Å². The molecule has 8 heteroatoms. The molecule has 0 unspecified atom stereocenters. The highest BCUT2D eigenvalue weighted by Gasteiger charge is 2.35. The number of nitrogens with zero attached hydrogens (tertiary/aromatic N) is 1. The quantitative estimate of drug-likeness (QED) is 0.810. The first-order valence-corrected chi connectivity index (χ1v) is 6.55. The number of rotatable bonds is 3. The molecule has 0 bridgehead atoms. The van der Waals surface area contributed by atoms with E-state index >= 15 is 0 Å². The average molecular weight is 338 g/mol. The first-order valence-electron chi connectivity index (χ1n) is 6.55. The number of benzene rings is 2. The van der Waals surface area contributed by atoms with Crippen molar-refractivity contribution in [1.29, 1.82) is 5.26 Å². The van der Waals surface area contributed by atoms with E-state index in [1.54, 1.807) is 0 Å². The average Bonchev–Trinajstić information content (AvgIpc) is 2.48. The van der Waals surface area contributed by atoms with Gasteiger partial charge in [0.25, 0.3) is 0 Å². The SMILES string of the molecule is Cc1cc(F)ccc1Nc1cc(C(F)(F)F)c(C#N)cc1C(=O)O. The van der Waals surface area contributed by atoms with E-state index in [1.165, 1.54) is 19.1 Å². The largest absolute Gasteiger partial charge is 0.478 e. The van der Waals surface area contributed by atoms with Gasteiger partial charge >= 0.3 is 12.1 Å². The number of carboxylic acids is 1. The molecule has 4 nitrogen and oxygen atoms in total. The monoisotopic (exact) mass is 338 g/mol. The lowest BCUT2D eigenvalue weighted by molar-refractivity contribution is -0.137. The van der Waals surface area contributed by atoms with Gasteiger partial charge in [-0.2, -0.15) is 18.4 Å². The Morgan fingerprint density at radius 1 is 1.21 bits per heavy atom. The van der Waals surface area contributed by atoms with Crippen molar-refractivity contribution in [2.75, 3.05) is 5.32 Å². The van der Waals surface area contributed by atoms with Crippen LogP contribution in [0, 0.1) is 24.1 Å². The molecule has 0 aliphatic heterocycles. The van der Waals surface area contributed by atoms with E-state index in [2.05, 4.69) is 5.32 Å². The molecule has 0 radical (unpaired) electrons. The van der Waals surface area contributed by atoms with Crippen molar-refractivity contribution in [2.24, 2.45) is 0 Å². The number of aromatic carboxylic acids is 1. The van der Waals surface area contributed by atoms with Crippen LogP contribution in [0.1, 0.15) is 27.0 Å². The first kappa shape index (κ1) is 17.3. The van der Waals surface area contributed by atoms with Gasteiger partial charge in [-0.3, -0.25) is 0 Å². The molecule has 2 aromatic carbocycles. The van der Waals surface area contributed by atoms with Gasteiger partial charge in [0.1, 0.15) is 5.82 Å². The van der Waals surface area contributed by atoms with Gasteiger partial charge in [0.2, 0.25) is 0 Å². The molecule has 0 fully saturated rings. The number of anilines is 2. The van der Waals surface area contributed by atoms with Gasteiger partial charge in [-0.15, -0.1) is 0 Å². The first-order chi connectivity index (χ1) is 11.1. The van der Waals surface area contributed by atoms with Crippen LogP contribution in [0.3, 0.4) is 0 Å². The molecule has 24 heavy (non-hydrogen) atoms. The molecule has 0 heterocycles.